The van der Waals surface area contributed by atoms with Crippen LogP contribution in [0.2, 0.25) is 5.02 Å². The smallest absolute Gasteiger partial charge is 0.229 e. The van der Waals surface area contributed by atoms with Crippen LogP contribution in [0.5, 0.6) is 0 Å². The number of thiophene rings is 1. The molecule has 3 aromatic rings. The normalized spacial score (nSPS) is 19.2. The zero-order valence-corrected chi connectivity index (χ0v) is 17.5. The number of rotatable bonds is 4. The first-order valence-corrected chi connectivity index (χ1v) is 10.8. The van der Waals surface area contributed by atoms with E-state index in [4.69, 9.17) is 11.6 Å². The molecule has 1 aliphatic rings. The van der Waals surface area contributed by atoms with Crippen molar-refractivity contribution in [3.63, 3.8) is 0 Å². The zero-order chi connectivity index (χ0) is 20.4. The molecule has 1 fully saturated rings. The average Bonchev–Trinajstić information content (AvgIpc) is 3.23. The van der Waals surface area contributed by atoms with Gasteiger partial charge in [-0.05, 0) is 55.1 Å². The van der Waals surface area contributed by atoms with Gasteiger partial charge in [0.15, 0.2) is 0 Å². The van der Waals surface area contributed by atoms with Crippen LogP contribution in [0.15, 0.2) is 66.0 Å². The number of benzene rings is 2. The van der Waals surface area contributed by atoms with Crippen molar-refractivity contribution in [1.82, 2.24) is 0 Å². The van der Waals surface area contributed by atoms with Crippen LogP contribution in [0, 0.1) is 12.8 Å². The molecule has 2 heterocycles. The lowest BCUT2D eigenvalue weighted by molar-refractivity contribution is -0.125. The molecule has 2 aromatic carbocycles. The van der Waals surface area contributed by atoms with E-state index in [1.807, 2.05) is 54.8 Å². The molecule has 4 rings (SSSR count). The summed E-state index contributed by atoms with van der Waals surface area (Å²) >= 11 is 7.62. The first kappa shape index (κ1) is 19.7. The van der Waals surface area contributed by atoms with Crippen LogP contribution >= 0.6 is 22.9 Å². The highest BCUT2D eigenvalue weighted by Gasteiger charge is 2.42. The molecule has 29 heavy (non-hydrogen) atoms. The second-order valence-corrected chi connectivity index (χ2v) is 8.62. The monoisotopic (exact) mass is 424 g/mol. The van der Waals surface area contributed by atoms with Crippen molar-refractivity contribution in [3.05, 3.63) is 81.5 Å². The van der Waals surface area contributed by atoms with Gasteiger partial charge in [0.25, 0.3) is 0 Å². The van der Waals surface area contributed by atoms with Gasteiger partial charge in [-0.25, -0.2) is 0 Å². The van der Waals surface area contributed by atoms with E-state index in [0.29, 0.717) is 23.6 Å². The Hall–Kier alpha value is -2.63. The fourth-order valence-corrected chi connectivity index (χ4v) is 4.83. The van der Waals surface area contributed by atoms with Crippen molar-refractivity contribution in [2.75, 3.05) is 10.2 Å². The molecular formula is C23H21ClN2O2S. The minimum Gasteiger partial charge on any atom is -0.326 e. The standard InChI is InChI=1S/C23H21ClN2O2S/c1-15-7-9-18(10-8-15)26-21(27)12-11-19(22(26)20-6-3-13-29-20)23(28)25-17-5-2-4-16(24)14-17/h2-10,13-14,19,22H,11-12H2,1H3,(H,25,28)/t19-,22+/m1/s1. The number of carbonyl (C=O) groups is 2. The predicted octanol–water partition coefficient (Wildman–Crippen LogP) is 5.83. The molecule has 2 atom stereocenters. The van der Waals surface area contributed by atoms with Crippen molar-refractivity contribution < 1.29 is 9.59 Å². The number of hydrogen-bond acceptors (Lipinski definition) is 3. The molecule has 0 saturated carbocycles. The molecule has 1 aliphatic heterocycles. The van der Waals surface area contributed by atoms with Gasteiger partial charge in [0, 0.05) is 27.7 Å². The Labute approximate surface area is 179 Å². The van der Waals surface area contributed by atoms with Crippen LogP contribution < -0.4 is 10.2 Å². The Kier molecular flexibility index (Phi) is 5.69. The topological polar surface area (TPSA) is 49.4 Å². The van der Waals surface area contributed by atoms with E-state index in [1.54, 1.807) is 34.4 Å². The number of halogens is 1. The molecule has 6 heteroatoms. The summed E-state index contributed by atoms with van der Waals surface area (Å²) in [6, 6.07) is 18.6. The summed E-state index contributed by atoms with van der Waals surface area (Å²) in [4.78, 5) is 29.0. The van der Waals surface area contributed by atoms with E-state index in [1.165, 1.54) is 0 Å². The van der Waals surface area contributed by atoms with Crippen molar-refractivity contribution >= 4 is 46.1 Å². The van der Waals surface area contributed by atoms with Gasteiger partial charge in [0.05, 0.1) is 12.0 Å². The fraction of sp³-hybridized carbons (Fsp3) is 0.217. The molecule has 1 saturated heterocycles. The summed E-state index contributed by atoms with van der Waals surface area (Å²) in [5, 5.41) is 5.53. The van der Waals surface area contributed by atoms with Gasteiger partial charge in [0.2, 0.25) is 11.8 Å². The Morgan fingerprint density at radius 1 is 1.14 bits per heavy atom. The summed E-state index contributed by atoms with van der Waals surface area (Å²) in [6.07, 6.45) is 0.847. The highest BCUT2D eigenvalue weighted by Crippen LogP contribution is 2.42. The van der Waals surface area contributed by atoms with Crippen molar-refractivity contribution in [3.8, 4) is 0 Å². The Bertz CT molecular complexity index is 1020. The van der Waals surface area contributed by atoms with Gasteiger partial charge in [-0.1, -0.05) is 41.4 Å². The highest BCUT2D eigenvalue weighted by atomic mass is 35.5. The van der Waals surface area contributed by atoms with Crippen LogP contribution in [0.4, 0.5) is 11.4 Å². The molecular weight excluding hydrogens is 404 g/mol. The number of nitrogens with one attached hydrogen (secondary N) is 1. The maximum absolute atomic E-state index is 13.2. The fourth-order valence-electron chi connectivity index (χ4n) is 3.76. The molecule has 0 radical (unpaired) electrons. The lowest BCUT2D eigenvalue weighted by Crippen LogP contribution is -2.46. The van der Waals surface area contributed by atoms with Crippen LogP contribution in [-0.2, 0) is 9.59 Å². The number of nitrogens with zero attached hydrogens (tertiary/aromatic N) is 1. The van der Waals surface area contributed by atoms with Gasteiger partial charge in [-0.2, -0.15) is 0 Å². The third-order valence-electron chi connectivity index (χ3n) is 5.17. The number of anilines is 2. The van der Waals surface area contributed by atoms with Gasteiger partial charge in [0.1, 0.15) is 0 Å². The maximum Gasteiger partial charge on any atom is 0.229 e. The zero-order valence-electron chi connectivity index (χ0n) is 16.0. The SMILES string of the molecule is Cc1ccc(N2C(=O)CC[C@@H](C(=O)Nc3cccc(Cl)c3)[C@H]2c2cccs2)cc1. The summed E-state index contributed by atoms with van der Waals surface area (Å²) in [5.41, 5.74) is 2.60. The second-order valence-electron chi connectivity index (χ2n) is 7.20. The first-order chi connectivity index (χ1) is 14.0. The van der Waals surface area contributed by atoms with Crippen molar-refractivity contribution in [2.45, 2.75) is 25.8 Å². The minimum atomic E-state index is -0.355. The summed E-state index contributed by atoms with van der Waals surface area (Å²) in [6.45, 7) is 2.01. The third-order valence-corrected chi connectivity index (χ3v) is 6.35. The number of piperidine rings is 1. The van der Waals surface area contributed by atoms with Crippen molar-refractivity contribution in [1.29, 1.82) is 0 Å². The van der Waals surface area contributed by atoms with Gasteiger partial charge < -0.3 is 10.2 Å². The van der Waals surface area contributed by atoms with Gasteiger partial charge >= 0.3 is 0 Å². The Balaban J connectivity index is 1.69. The van der Waals surface area contributed by atoms with E-state index in [2.05, 4.69) is 5.32 Å². The first-order valence-electron chi connectivity index (χ1n) is 9.51. The highest BCUT2D eigenvalue weighted by molar-refractivity contribution is 7.10. The summed E-state index contributed by atoms with van der Waals surface area (Å²) in [5.74, 6) is -0.416. The molecule has 1 N–H and O–H groups in total. The largest absolute Gasteiger partial charge is 0.326 e. The number of aryl methyl sites for hydroxylation is 1. The molecule has 4 nitrogen and oxygen atoms in total. The lowest BCUT2D eigenvalue weighted by atomic mass is 9.86. The summed E-state index contributed by atoms with van der Waals surface area (Å²) < 4.78 is 0. The number of carbonyl (C=O) groups excluding carboxylic acids is 2. The maximum atomic E-state index is 13.2. The van der Waals surface area contributed by atoms with E-state index in [0.717, 1.165) is 16.1 Å². The number of amides is 2. The molecule has 0 aliphatic carbocycles. The Morgan fingerprint density at radius 3 is 2.62 bits per heavy atom. The Morgan fingerprint density at radius 2 is 1.93 bits per heavy atom. The molecule has 0 spiro atoms. The minimum absolute atomic E-state index is 0.0408. The van der Waals surface area contributed by atoms with Crippen LogP contribution in [-0.4, -0.2) is 11.8 Å². The molecule has 2 amide bonds. The molecule has 1 aromatic heterocycles. The van der Waals surface area contributed by atoms with Gasteiger partial charge in [-0.15, -0.1) is 11.3 Å². The second kappa shape index (κ2) is 8.39. The lowest BCUT2D eigenvalue weighted by Gasteiger charge is -2.40. The molecule has 148 valence electrons. The van der Waals surface area contributed by atoms with Crippen molar-refractivity contribution in [2.24, 2.45) is 5.92 Å². The van der Waals surface area contributed by atoms with Crippen LogP contribution in [0.3, 0.4) is 0 Å². The quantitative estimate of drug-likeness (QED) is 0.572. The van der Waals surface area contributed by atoms with Crippen LogP contribution in [0.25, 0.3) is 0 Å². The molecule has 0 bridgehead atoms. The third kappa shape index (κ3) is 4.21. The predicted molar refractivity (Wildman–Crippen MR) is 119 cm³/mol. The summed E-state index contributed by atoms with van der Waals surface area (Å²) in [7, 11) is 0. The number of hydrogen-bond donors (Lipinski definition) is 1. The van der Waals surface area contributed by atoms with E-state index >= 15 is 0 Å². The van der Waals surface area contributed by atoms with E-state index < -0.39 is 0 Å². The van der Waals surface area contributed by atoms with E-state index in [-0.39, 0.29) is 23.8 Å². The van der Waals surface area contributed by atoms with E-state index in [9.17, 15) is 9.59 Å². The van der Waals surface area contributed by atoms with Gasteiger partial charge in [-0.3, -0.25) is 9.59 Å². The van der Waals surface area contributed by atoms with Crippen LogP contribution in [0.1, 0.15) is 29.3 Å². The average molecular weight is 425 g/mol. The molecule has 0 unspecified atom stereocenters.